The largest absolute Gasteiger partial charge is 0.271 e. The summed E-state index contributed by atoms with van der Waals surface area (Å²) in [5, 5.41) is 6.34. The topological polar surface area (TPSA) is 41.5 Å². The van der Waals surface area contributed by atoms with E-state index in [9.17, 15) is 4.79 Å². The maximum Gasteiger partial charge on any atom is 0.271 e. The minimum Gasteiger partial charge on any atom is -0.267 e. The first-order valence-electron chi connectivity index (χ1n) is 6.80. The Kier molecular flexibility index (Phi) is 4.30. The molecule has 0 heterocycles. The van der Waals surface area contributed by atoms with Gasteiger partial charge in [-0.3, -0.25) is 4.79 Å². The van der Waals surface area contributed by atoms with Crippen LogP contribution in [-0.2, 0) is 0 Å². The minimum atomic E-state index is -0.238. The Hall–Kier alpha value is -2.46. The number of nitrogens with one attached hydrogen (secondary N) is 1. The number of rotatable bonds is 3. The fraction of sp³-hybridized carbons (Fsp3) is 0. The third-order valence-electron chi connectivity index (χ3n) is 3.24. The first-order valence-corrected chi connectivity index (χ1v) is 7.59. The van der Waals surface area contributed by atoms with Crippen LogP contribution in [-0.4, -0.2) is 12.1 Å². The number of carbonyl (C=O) groups is 1. The van der Waals surface area contributed by atoms with Crippen LogP contribution in [0.4, 0.5) is 0 Å². The van der Waals surface area contributed by atoms with E-state index in [1.165, 1.54) is 5.39 Å². The van der Waals surface area contributed by atoms with E-state index < -0.39 is 0 Å². The summed E-state index contributed by atoms with van der Waals surface area (Å²) in [6.07, 6.45) is 1.64. The van der Waals surface area contributed by atoms with E-state index in [0.29, 0.717) is 5.56 Å². The van der Waals surface area contributed by atoms with Gasteiger partial charge in [0.25, 0.3) is 5.91 Å². The van der Waals surface area contributed by atoms with Crippen molar-refractivity contribution in [3.63, 3.8) is 0 Å². The number of hydrazone groups is 1. The lowest BCUT2D eigenvalue weighted by molar-refractivity contribution is 0.0955. The highest BCUT2D eigenvalue weighted by molar-refractivity contribution is 9.10. The van der Waals surface area contributed by atoms with Gasteiger partial charge in [-0.15, -0.1) is 0 Å². The molecule has 0 aliphatic heterocycles. The third kappa shape index (κ3) is 3.40. The van der Waals surface area contributed by atoms with Gasteiger partial charge in [0.15, 0.2) is 0 Å². The second-order valence-electron chi connectivity index (χ2n) is 4.82. The van der Waals surface area contributed by atoms with Crippen LogP contribution < -0.4 is 5.43 Å². The zero-order chi connectivity index (χ0) is 15.4. The van der Waals surface area contributed by atoms with Crippen molar-refractivity contribution in [2.45, 2.75) is 0 Å². The van der Waals surface area contributed by atoms with Crippen LogP contribution in [0.3, 0.4) is 0 Å². The molecule has 1 amide bonds. The number of nitrogens with zero attached hydrogens (tertiary/aromatic N) is 1. The monoisotopic (exact) mass is 352 g/mol. The highest BCUT2D eigenvalue weighted by atomic mass is 79.9. The van der Waals surface area contributed by atoms with E-state index in [1.807, 2.05) is 48.5 Å². The van der Waals surface area contributed by atoms with E-state index in [2.05, 4.69) is 32.5 Å². The molecule has 0 aromatic heterocycles. The Labute approximate surface area is 136 Å². The Morgan fingerprint density at radius 3 is 2.59 bits per heavy atom. The number of benzene rings is 3. The van der Waals surface area contributed by atoms with Crippen molar-refractivity contribution in [1.82, 2.24) is 5.43 Å². The lowest BCUT2D eigenvalue weighted by Gasteiger charge is -2.01. The second-order valence-corrected chi connectivity index (χ2v) is 5.73. The molecule has 0 fully saturated rings. The summed E-state index contributed by atoms with van der Waals surface area (Å²) in [7, 11) is 0. The molecular formula is C18H13BrN2O. The van der Waals surface area contributed by atoms with Crippen molar-refractivity contribution >= 4 is 38.8 Å². The SMILES string of the molecule is O=C(N/N=C/c1ccc2ccccc2c1)c1cccc(Br)c1. The first kappa shape index (κ1) is 14.5. The Morgan fingerprint density at radius 2 is 1.77 bits per heavy atom. The fourth-order valence-corrected chi connectivity index (χ4v) is 2.55. The van der Waals surface area contributed by atoms with E-state index in [0.717, 1.165) is 15.4 Å². The Balaban J connectivity index is 1.72. The van der Waals surface area contributed by atoms with Gasteiger partial charge in [0, 0.05) is 10.0 Å². The molecule has 3 aromatic rings. The van der Waals surface area contributed by atoms with Crippen molar-refractivity contribution in [2.24, 2.45) is 5.10 Å². The van der Waals surface area contributed by atoms with Gasteiger partial charge >= 0.3 is 0 Å². The summed E-state index contributed by atoms with van der Waals surface area (Å²) < 4.78 is 0.860. The summed E-state index contributed by atoms with van der Waals surface area (Å²) >= 11 is 3.34. The van der Waals surface area contributed by atoms with Crippen LogP contribution in [0.5, 0.6) is 0 Å². The molecule has 4 heteroatoms. The van der Waals surface area contributed by atoms with Crippen molar-refractivity contribution in [3.05, 3.63) is 82.3 Å². The van der Waals surface area contributed by atoms with Crippen LogP contribution in [0.2, 0.25) is 0 Å². The van der Waals surface area contributed by atoms with Crippen LogP contribution in [0.1, 0.15) is 15.9 Å². The molecular weight excluding hydrogens is 340 g/mol. The van der Waals surface area contributed by atoms with Crippen LogP contribution in [0.25, 0.3) is 10.8 Å². The van der Waals surface area contributed by atoms with Gasteiger partial charge in [-0.2, -0.15) is 5.10 Å². The van der Waals surface area contributed by atoms with Gasteiger partial charge in [0.05, 0.1) is 6.21 Å². The van der Waals surface area contributed by atoms with E-state index in [4.69, 9.17) is 0 Å². The molecule has 0 bridgehead atoms. The van der Waals surface area contributed by atoms with Gasteiger partial charge in [-0.1, -0.05) is 58.4 Å². The van der Waals surface area contributed by atoms with Crippen molar-refractivity contribution in [1.29, 1.82) is 0 Å². The number of fused-ring (bicyclic) bond motifs is 1. The molecule has 3 rings (SSSR count). The molecule has 0 aliphatic rings. The third-order valence-corrected chi connectivity index (χ3v) is 3.73. The molecule has 0 saturated heterocycles. The number of hydrogen-bond acceptors (Lipinski definition) is 2. The average Bonchev–Trinajstić information content (AvgIpc) is 2.54. The van der Waals surface area contributed by atoms with Gasteiger partial charge in [0.2, 0.25) is 0 Å². The zero-order valence-corrected chi connectivity index (χ0v) is 13.2. The molecule has 22 heavy (non-hydrogen) atoms. The molecule has 108 valence electrons. The molecule has 0 saturated carbocycles. The maximum absolute atomic E-state index is 12.0. The van der Waals surface area contributed by atoms with Gasteiger partial charge in [-0.05, 0) is 40.6 Å². The van der Waals surface area contributed by atoms with Crippen LogP contribution >= 0.6 is 15.9 Å². The van der Waals surface area contributed by atoms with Gasteiger partial charge < -0.3 is 0 Å². The smallest absolute Gasteiger partial charge is 0.267 e. The molecule has 0 radical (unpaired) electrons. The Morgan fingerprint density at radius 1 is 0.955 bits per heavy atom. The number of carbonyl (C=O) groups excluding carboxylic acids is 1. The minimum absolute atomic E-state index is 0.238. The summed E-state index contributed by atoms with van der Waals surface area (Å²) in [5.74, 6) is -0.238. The normalized spacial score (nSPS) is 11.0. The zero-order valence-electron chi connectivity index (χ0n) is 11.7. The van der Waals surface area contributed by atoms with Crippen molar-refractivity contribution < 1.29 is 4.79 Å². The van der Waals surface area contributed by atoms with Crippen molar-refractivity contribution in [2.75, 3.05) is 0 Å². The van der Waals surface area contributed by atoms with Crippen LogP contribution in [0.15, 0.2) is 76.3 Å². The van der Waals surface area contributed by atoms with E-state index in [-0.39, 0.29) is 5.91 Å². The van der Waals surface area contributed by atoms with Crippen LogP contribution in [0, 0.1) is 0 Å². The fourth-order valence-electron chi connectivity index (χ4n) is 2.15. The molecule has 0 aliphatic carbocycles. The molecule has 0 spiro atoms. The predicted octanol–water partition coefficient (Wildman–Crippen LogP) is 4.37. The molecule has 0 unspecified atom stereocenters. The summed E-state index contributed by atoms with van der Waals surface area (Å²) in [4.78, 5) is 12.0. The quantitative estimate of drug-likeness (QED) is 0.552. The van der Waals surface area contributed by atoms with Gasteiger partial charge in [0.1, 0.15) is 0 Å². The number of halogens is 1. The van der Waals surface area contributed by atoms with Gasteiger partial charge in [-0.25, -0.2) is 5.43 Å². The molecule has 0 atom stereocenters. The molecule has 1 N–H and O–H groups in total. The summed E-state index contributed by atoms with van der Waals surface area (Å²) in [6, 6.07) is 21.3. The lowest BCUT2D eigenvalue weighted by Crippen LogP contribution is -2.17. The molecule has 3 aromatic carbocycles. The van der Waals surface area contributed by atoms with E-state index in [1.54, 1.807) is 18.3 Å². The molecule has 3 nitrogen and oxygen atoms in total. The van der Waals surface area contributed by atoms with E-state index >= 15 is 0 Å². The Bertz CT molecular complexity index is 858. The number of amides is 1. The first-order chi connectivity index (χ1) is 10.7. The highest BCUT2D eigenvalue weighted by Crippen LogP contribution is 2.14. The van der Waals surface area contributed by atoms with Crippen molar-refractivity contribution in [3.8, 4) is 0 Å². The number of hydrogen-bond donors (Lipinski definition) is 1. The summed E-state index contributed by atoms with van der Waals surface area (Å²) in [5.41, 5.74) is 4.03. The standard InChI is InChI=1S/C18H13BrN2O/c19-17-7-3-6-16(11-17)18(22)21-20-12-13-8-9-14-4-1-2-5-15(14)10-13/h1-12H,(H,21,22)/b20-12+. The summed E-state index contributed by atoms with van der Waals surface area (Å²) in [6.45, 7) is 0. The lowest BCUT2D eigenvalue weighted by atomic mass is 10.1. The average molecular weight is 353 g/mol. The predicted molar refractivity (Wildman–Crippen MR) is 93.2 cm³/mol. The second kappa shape index (κ2) is 6.54. The highest BCUT2D eigenvalue weighted by Gasteiger charge is 2.03. The maximum atomic E-state index is 12.0.